The van der Waals surface area contributed by atoms with Crippen LogP contribution in [0.4, 0.5) is 0 Å². The second kappa shape index (κ2) is 4.97. The topological polar surface area (TPSA) is 86.6 Å². The molecule has 2 aromatic rings. The van der Waals surface area contributed by atoms with E-state index in [1.807, 2.05) is 7.05 Å². The molecule has 0 amide bonds. The Labute approximate surface area is 122 Å². The van der Waals surface area contributed by atoms with Gasteiger partial charge in [0.15, 0.2) is 5.58 Å². The fourth-order valence-corrected chi connectivity index (χ4v) is 4.18. The normalized spacial score (nSPS) is 18.4. The lowest BCUT2D eigenvalue weighted by Gasteiger charge is -2.31. The smallest absolute Gasteiger partial charge is 0.408 e. The number of oxazole rings is 1. The number of H-pyrrole nitrogens is 1. The monoisotopic (exact) mass is 311 g/mol. The van der Waals surface area contributed by atoms with E-state index in [0.717, 1.165) is 0 Å². The van der Waals surface area contributed by atoms with Crippen molar-refractivity contribution in [3.05, 3.63) is 28.2 Å². The highest BCUT2D eigenvalue weighted by atomic mass is 32.2. The minimum Gasteiger partial charge on any atom is -0.408 e. The Morgan fingerprint density at radius 3 is 2.52 bits per heavy atom. The van der Waals surface area contributed by atoms with Gasteiger partial charge >= 0.3 is 5.76 Å². The Morgan fingerprint density at radius 1 is 1.19 bits per heavy atom. The second-order valence-electron chi connectivity index (χ2n) is 5.34. The van der Waals surface area contributed by atoms with E-state index in [1.54, 1.807) is 13.0 Å². The van der Waals surface area contributed by atoms with Gasteiger partial charge in [-0.15, -0.1) is 0 Å². The van der Waals surface area contributed by atoms with Crippen molar-refractivity contribution < 1.29 is 12.8 Å². The van der Waals surface area contributed by atoms with Gasteiger partial charge in [-0.2, -0.15) is 4.31 Å². The molecule has 1 aliphatic rings. The van der Waals surface area contributed by atoms with Crippen molar-refractivity contribution in [2.75, 3.05) is 33.2 Å². The summed E-state index contributed by atoms with van der Waals surface area (Å²) < 4.78 is 31.9. The number of likely N-dealkylation sites (N-methyl/N-ethyl adjacent to an activating group) is 1. The summed E-state index contributed by atoms with van der Waals surface area (Å²) in [5, 5.41) is 0. The van der Waals surface area contributed by atoms with Gasteiger partial charge in [0.2, 0.25) is 10.0 Å². The average molecular weight is 311 g/mol. The third-order valence-electron chi connectivity index (χ3n) is 3.80. The van der Waals surface area contributed by atoms with Crippen LogP contribution in [-0.2, 0) is 10.0 Å². The van der Waals surface area contributed by atoms with Crippen molar-refractivity contribution in [1.82, 2.24) is 14.2 Å². The third-order valence-corrected chi connectivity index (χ3v) is 5.84. The summed E-state index contributed by atoms with van der Waals surface area (Å²) in [4.78, 5) is 16.0. The molecule has 21 heavy (non-hydrogen) atoms. The van der Waals surface area contributed by atoms with Gasteiger partial charge in [0, 0.05) is 32.2 Å². The molecule has 3 rings (SSSR count). The molecule has 0 aliphatic carbocycles. The van der Waals surface area contributed by atoms with Crippen LogP contribution in [0.15, 0.2) is 26.2 Å². The maximum Gasteiger partial charge on any atom is 0.417 e. The van der Waals surface area contributed by atoms with Crippen LogP contribution in [-0.4, -0.2) is 55.8 Å². The first-order valence-corrected chi connectivity index (χ1v) is 8.14. The summed E-state index contributed by atoms with van der Waals surface area (Å²) in [6, 6.07) is 3.05. The highest BCUT2D eigenvalue weighted by Crippen LogP contribution is 2.25. The number of nitrogens with one attached hydrogen (secondary N) is 1. The molecule has 1 aromatic carbocycles. The maximum atomic E-state index is 12.7. The molecule has 8 heteroatoms. The van der Waals surface area contributed by atoms with E-state index in [1.165, 1.54) is 10.4 Å². The number of hydrogen-bond donors (Lipinski definition) is 1. The number of fused-ring (bicyclic) bond motifs is 1. The fourth-order valence-electron chi connectivity index (χ4n) is 2.53. The van der Waals surface area contributed by atoms with Crippen LogP contribution in [0.5, 0.6) is 0 Å². The summed E-state index contributed by atoms with van der Waals surface area (Å²) in [5.41, 5.74) is 1.37. The lowest BCUT2D eigenvalue weighted by atomic mass is 10.2. The number of hydrogen-bond acceptors (Lipinski definition) is 5. The Bertz CT molecular complexity index is 829. The van der Waals surface area contributed by atoms with E-state index < -0.39 is 15.8 Å². The molecule has 0 spiro atoms. The number of aromatic nitrogens is 1. The van der Waals surface area contributed by atoms with Gasteiger partial charge in [0.25, 0.3) is 0 Å². The molecule has 0 radical (unpaired) electrons. The van der Waals surface area contributed by atoms with Crippen molar-refractivity contribution in [2.45, 2.75) is 11.8 Å². The van der Waals surface area contributed by atoms with Crippen LogP contribution < -0.4 is 5.76 Å². The quantitative estimate of drug-likeness (QED) is 0.865. The molecule has 2 heterocycles. The van der Waals surface area contributed by atoms with Crippen LogP contribution in [0.1, 0.15) is 5.56 Å². The molecule has 0 atom stereocenters. The van der Waals surface area contributed by atoms with Gasteiger partial charge in [-0.05, 0) is 25.6 Å². The predicted octanol–water partition coefficient (Wildman–Crippen LogP) is 0.366. The van der Waals surface area contributed by atoms with Crippen LogP contribution in [0.2, 0.25) is 0 Å². The summed E-state index contributed by atoms with van der Waals surface area (Å²) >= 11 is 0. The minimum absolute atomic E-state index is 0.197. The number of sulfonamides is 1. The van der Waals surface area contributed by atoms with E-state index in [2.05, 4.69) is 9.88 Å². The molecule has 1 saturated heterocycles. The number of piperazine rings is 1. The van der Waals surface area contributed by atoms with Crippen LogP contribution >= 0.6 is 0 Å². The largest absolute Gasteiger partial charge is 0.417 e. The lowest BCUT2D eigenvalue weighted by molar-refractivity contribution is 0.222. The Balaban J connectivity index is 2.05. The molecule has 0 unspecified atom stereocenters. The van der Waals surface area contributed by atoms with Crippen molar-refractivity contribution in [2.24, 2.45) is 0 Å². The van der Waals surface area contributed by atoms with Crippen LogP contribution in [0, 0.1) is 6.92 Å². The predicted molar refractivity (Wildman–Crippen MR) is 77.8 cm³/mol. The van der Waals surface area contributed by atoms with Gasteiger partial charge < -0.3 is 9.32 Å². The van der Waals surface area contributed by atoms with E-state index in [9.17, 15) is 13.2 Å². The highest BCUT2D eigenvalue weighted by Gasteiger charge is 2.29. The molecular formula is C13H17N3O4S. The lowest BCUT2D eigenvalue weighted by Crippen LogP contribution is -2.47. The zero-order valence-electron chi connectivity index (χ0n) is 11.9. The van der Waals surface area contributed by atoms with Crippen LogP contribution in [0.25, 0.3) is 11.1 Å². The fraction of sp³-hybridized carbons (Fsp3) is 0.462. The molecule has 114 valence electrons. The van der Waals surface area contributed by atoms with Crippen molar-refractivity contribution >= 4 is 21.1 Å². The number of nitrogens with zero attached hydrogens (tertiary/aromatic N) is 2. The van der Waals surface area contributed by atoms with Gasteiger partial charge in [-0.1, -0.05) is 0 Å². The Morgan fingerprint density at radius 2 is 1.86 bits per heavy atom. The molecule has 7 nitrogen and oxygen atoms in total. The zero-order chi connectivity index (χ0) is 15.2. The summed E-state index contributed by atoms with van der Waals surface area (Å²) in [6.45, 7) is 4.06. The van der Waals surface area contributed by atoms with Crippen molar-refractivity contribution in [3.8, 4) is 0 Å². The number of rotatable bonds is 2. The highest BCUT2D eigenvalue weighted by molar-refractivity contribution is 7.89. The molecule has 1 fully saturated rings. The molecule has 1 aliphatic heterocycles. The van der Waals surface area contributed by atoms with Crippen molar-refractivity contribution in [1.29, 1.82) is 0 Å². The van der Waals surface area contributed by atoms with E-state index in [0.29, 0.717) is 37.3 Å². The first kappa shape index (κ1) is 14.3. The number of aromatic amines is 1. The first-order valence-electron chi connectivity index (χ1n) is 6.70. The standard InChI is InChI=1S/C13H17N3O4S/c1-9-7-10-11(20-13(17)14-10)8-12(9)21(18,19)16-5-3-15(2)4-6-16/h7-8H,3-6H2,1-2H3,(H,14,17). The van der Waals surface area contributed by atoms with E-state index in [4.69, 9.17) is 4.42 Å². The maximum absolute atomic E-state index is 12.7. The van der Waals surface area contributed by atoms with E-state index >= 15 is 0 Å². The van der Waals surface area contributed by atoms with Crippen molar-refractivity contribution in [3.63, 3.8) is 0 Å². The SMILES string of the molecule is Cc1cc2[nH]c(=O)oc2cc1S(=O)(=O)N1CCN(C)CC1. The van der Waals surface area contributed by atoms with E-state index in [-0.39, 0.29) is 10.5 Å². The van der Waals surface area contributed by atoms with Gasteiger partial charge in [-0.3, -0.25) is 4.98 Å². The minimum atomic E-state index is -3.57. The van der Waals surface area contributed by atoms with Gasteiger partial charge in [-0.25, -0.2) is 13.2 Å². The van der Waals surface area contributed by atoms with Gasteiger partial charge in [0.1, 0.15) is 0 Å². The molecule has 0 bridgehead atoms. The summed E-state index contributed by atoms with van der Waals surface area (Å²) in [5.74, 6) is -0.585. The number of benzene rings is 1. The number of aryl methyl sites for hydroxylation is 1. The van der Waals surface area contributed by atoms with Crippen LogP contribution in [0.3, 0.4) is 0 Å². The van der Waals surface area contributed by atoms with Gasteiger partial charge in [0.05, 0.1) is 10.4 Å². The first-order chi connectivity index (χ1) is 9.88. The Kier molecular flexibility index (Phi) is 3.39. The summed E-state index contributed by atoms with van der Waals surface area (Å²) in [7, 11) is -1.60. The third kappa shape index (κ3) is 2.50. The average Bonchev–Trinajstić information content (AvgIpc) is 2.77. The molecule has 1 aromatic heterocycles. The second-order valence-corrected chi connectivity index (χ2v) is 7.24. The molecule has 0 saturated carbocycles. The summed E-state index contributed by atoms with van der Waals surface area (Å²) in [6.07, 6.45) is 0. The molecular weight excluding hydrogens is 294 g/mol. The molecule has 1 N–H and O–H groups in total. The Hall–Kier alpha value is -1.64. The zero-order valence-corrected chi connectivity index (χ0v) is 12.7.